The van der Waals surface area contributed by atoms with Crippen molar-refractivity contribution in [1.29, 1.82) is 0 Å². The van der Waals surface area contributed by atoms with Crippen LogP contribution < -0.4 is 27.4 Å². The number of hydrogen-bond donors (Lipinski definition) is 8. The summed E-state index contributed by atoms with van der Waals surface area (Å²) in [6.45, 7) is -0.542. The van der Waals surface area contributed by atoms with E-state index in [4.69, 9.17) is 16.6 Å². The number of carboxylic acid groups (broad SMARTS) is 1. The molecule has 0 saturated carbocycles. The topological polar surface area (TPSA) is 222 Å². The molecule has 0 saturated heterocycles. The van der Waals surface area contributed by atoms with Gasteiger partial charge in [0.25, 0.3) is 0 Å². The van der Waals surface area contributed by atoms with Gasteiger partial charge in [0.1, 0.15) is 12.1 Å². The van der Waals surface area contributed by atoms with Crippen LogP contribution in [0, 0.1) is 0 Å². The third-order valence-corrected chi connectivity index (χ3v) is 4.25. The molecule has 0 aliphatic heterocycles. The zero-order valence-corrected chi connectivity index (χ0v) is 16.9. The number of nitrogens with two attached hydrogens (primary N) is 2. The summed E-state index contributed by atoms with van der Waals surface area (Å²) in [7, 11) is 0. The summed E-state index contributed by atoms with van der Waals surface area (Å²) in [6.07, 6.45) is 2.72. The van der Waals surface area contributed by atoms with Crippen LogP contribution in [0.15, 0.2) is 12.5 Å². The molecular weight excluding hydrogens is 418 g/mol. The molecule has 1 rings (SSSR count). The Morgan fingerprint density at radius 1 is 1.17 bits per heavy atom. The standard InChI is InChI=1S/C16H25N7O6S/c17-9(3-8-4-19-7-21-8)14(26)23-11(6-30)15(27)20-5-13(25)22-10(16(28)29)1-2-12(18)24/h4,7,9-11,30H,1-3,5-6,17H2,(H2,18,24)(H,19,21)(H,20,27)(H,22,25)(H,23,26)(H,28,29). The Kier molecular flexibility index (Phi) is 10.3. The molecule has 1 heterocycles. The summed E-state index contributed by atoms with van der Waals surface area (Å²) in [5.74, 6) is -4.20. The second kappa shape index (κ2) is 12.4. The number of imidazole rings is 1. The maximum Gasteiger partial charge on any atom is 0.326 e. The van der Waals surface area contributed by atoms with Crippen molar-refractivity contribution in [1.82, 2.24) is 25.9 Å². The number of carbonyl (C=O) groups is 5. The van der Waals surface area contributed by atoms with Crippen molar-refractivity contribution in [3.05, 3.63) is 18.2 Å². The van der Waals surface area contributed by atoms with Crippen LogP contribution >= 0.6 is 12.6 Å². The lowest BCUT2D eigenvalue weighted by Crippen LogP contribution is -2.54. The molecule has 9 N–H and O–H groups in total. The molecule has 30 heavy (non-hydrogen) atoms. The Labute approximate surface area is 177 Å². The van der Waals surface area contributed by atoms with Crippen LogP contribution in [0.2, 0.25) is 0 Å². The number of thiol groups is 1. The lowest BCUT2D eigenvalue weighted by molar-refractivity contribution is -0.142. The molecule has 3 unspecified atom stereocenters. The van der Waals surface area contributed by atoms with Gasteiger partial charge in [-0.25, -0.2) is 9.78 Å². The predicted octanol–water partition coefficient (Wildman–Crippen LogP) is -3.35. The molecule has 0 aromatic carbocycles. The first kappa shape index (κ1) is 24.9. The highest BCUT2D eigenvalue weighted by Crippen LogP contribution is 1.99. The van der Waals surface area contributed by atoms with Crippen molar-refractivity contribution in [2.45, 2.75) is 37.4 Å². The zero-order chi connectivity index (χ0) is 22.7. The molecule has 3 atom stereocenters. The normalized spacial score (nSPS) is 13.5. The number of aromatic nitrogens is 2. The van der Waals surface area contributed by atoms with E-state index < -0.39 is 54.3 Å². The minimum absolute atomic E-state index is 0.0632. The number of aromatic amines is 1. The number of H-pyrrole nitrogens is 1. The summed E-state index contributed by atoms with van der Waals surface area (Å²) in [6, 6.07) is -3.33. The molecule has 0 spiro atoms. The maximum atomic E-state index is 12.2. The quantitative estimate of drug-likeness (QED) is 0.143. The van der Waals surface area contributed by atoms with Crippen molar-refractivity contribution < 1.29 is 29.1 Å². The fourth-order valence-electron chi connectivity index (χ4n) is 2.28. The van der Waals surface area contributed by atoms with Gasteiger partial charge in [0, 0.05) is 30.5 Å². The van der Waals surface area contributed by atoms with Crippen LogP contribution in [0.3, 0.4) is 0 Å². The van der Waals surface area contributed by atoms with Crippen LogP contribution in [-0.4, -0.2) is 75.1 Å². The second-order valence-electron chi connectivity index (χ2n) is 6.31. The van der Waals surface area contributed by atoms with E-state index in [0.29, 0.717) is 5.69 Å². The fourth-order valence-corrected chi connectivity index (χ4v) is 2.54. The van der Waals surface area contributed by atoms with E-state index in [2.05, 4.69) is 38.5 Å². The van der Waals surface area contributed by atoms with Gasteiger partial charge >= 0.3 is 5.97 Å². The highest BCUT2D eigenvalue weighted by molar-refractivity contribution is 7.80. The highest BCUT2D eigenvalue weighted by Gasteiger charge is 2.25. The van der Waals surface area contributed by atoms with Gasteiger partial charge in [-0.3, -0.25) is 19.2 Å². The molecule has 1 aromatic heterocycles. The average Bonchev–Trinajstić information content (AvgIpc) is 3.19. The van der Waals surface area contributed by atoms with Gasteiger partial charge in [0.15, 0.2) is 0 Å². The van der Waals surface area contributed by atoms with E-state index in [0.717, 1.165) is 0 Å². The minimum Gasteiger partial charge on any atom is -0.480 e. The Balaban J connectivity index is 2.49. The monoisotopic (exact) mass is 443 g/mol. The summed E-state index contributed by atoms with van der Waals surface area (Å²) in [4.78, 5) is 64.7. The summed E-state index contributed by atoms with van der Waals surface area (Å²) >= 11 is 4.01. The first-order valence-corrected chi connectivity index (χ1v) is 9.49. The maximum absolute atomic E-state index is 12.2. The summed E-state index contributed by atoms with van der Waals surface area (Å²) in [5.41, 5.74) is 11.4. The highest BCUT2D eigenvalue weighted by atomic mass is 32.1. The minimum atomic E-state index is -1.34. The van der Waals surface area contributed by atoms with Crippen molar-refractivity contribution in [2.24, 2.45) is 11.5 Å². The van der Waals surface area contributed by atoms with Gasteiger partial charge in [0.2, 0.25) is 23.6 Å². The van der Waals surface area contributed by atoms with E-state index in [1.807, 2.05) is 0 Å². The van der Waals surface area contributed by atoms with Gasteiger partial charge < -0.3 is 37.5 Å². The largest absolute Gasteiger partial charge is 0.480 e. The third-order valence-electron chi connectivity index (χ3n) is 3.88. The number of primary amides is 1. The number of rotatable bonds is 13. The molecule has 14 heteroatoms. The Morgan fingerprint density at radius 3 is 2.40 bits per heavy atom. The fraction of sp³-hybridized carbons (Fsp3) is 0.500. The molecular formula is C16H25N7O6S. The number of carboxylic acids is 1. The number of carbonyl (C=O) groups excluding carboxylic acids is 4. The van der Waals surface area contributed by atoms with E-state index in [9.17, 15) is 24.0 Å². The van der Waals surface area contributed by atoms with Crippen molar-refractivity contribution in [3.8, 4) is 0 Å². The average molecular weight is 443 g/mol. The van der Waals surface area contributed by atoms with E-state index >= 15 is 0 Å². The molecule has 0 aliphatic rings. The Morgan fingerprint density at radius 2 is 1.87 bits per heavy atom. The van der Waals surface area contributed by atoms with Crippen LogP contribution in [0.25, 0.3) is 0 Å². The van der Waals surface area contributed by atoms with Gasteiger partial charge in [-0.1, -0.05) is 0 Å². The SMILES string of the molecule is NC(=O)CCC(NC(=O)CNC(=O)C(CS)NC(=O)C(N)Cc1cnc[nH]1)C(=O)O. The van der Waals surface area contributed by atoms with E-state index in [1.165, 1.54) is 12.5 Å². The molecule has 4 amide bonds. The number of hydrogen-bond acceptors (Lipinski definition) is 8. The first-order valence-electron chi connectivity index (χ1n) is 8.86. The first-order chi connectivity index (χ1) is 14.1. The lowest BCUT2D eigenvalue weighted by Gasteiger charge is -2.19. The smallest absolute Gasteiger partial charge is 0.326 e. The zero-order valence-electron chi connectivity index (χ0n) is 16.0. The van der Waals surface area contributed by atoms with Crippen molar-refractivity contribution in [3.63, 3.8) is 0 Å². The summed E-state index contributed by atoms with van der Waals surface area (Å²) in [5, 5.41) is 15.9. The number of amides is 4. The van der Waals surface area contributed by atoms with Gasteiger partial charge in [0.05, 0.1) is 18.9 Å². The van der Waals surface area contributed by atoms with Crippen molar-refractivity contribution >= 4 is 42.2 Å². The van der Waals surface area contributed by atoms with Crippen LogP contribution in [0.4, 0.5) is 0 Å². The van der Waals surface area contributed by atoms with Crippen LogP contribution in [0.1, 0.15) is 18.5 Å². The van der Waals surface area contributed by atoms with Crippen LogP contribution in [-0.2, 0) is 30.4 Å². The third kappa shape index (κ3) is 8.91. The molecule has 0 bridgehead atoms. The molecule has 13 nitrogen and oxygen atoms in total. The second-order valence-corrected chi connectivity index (χ2v) is 6.68. The van der Waals surface area contributed by atoms with Gasteiger partial charge in [-0.2, -0.15) is 12.6 Å². The summed E-state index contributed by atoms with van der Waals surface area (Å²) < 4.78 is 0. The van der Waals surface area contributed by atoms with Gasteiger partial charge in [-0.15, -0.1) is 0 Å². The number of nitrogens with one attached hydrogen (secondary N) is 4. The molecule has 0 aliphatic carbocycles. The molecule has 166 valence electrons. The van der Waals surface area contributed by atoms with E-state index in [-0.39, 0.29) is 25.0 Å². The van der Waals surface area contributed by atoms with Gasteiger partial charge in [-0.05, 0) is 6.42 Å². The molecule has 0 radical (unpaired) electrons. The van der Waals surface area contributed by atoms with E-state index in [1.54, 1.807) is 0 Å². The van der Waals surface area contributed by atoms with Crippen molar-refractivity contribution in [2.75, 3.05) is 12.3 Å². The number of nitrogens with zero attached hydrogens (tertiary/aromatic N) is 1. The lowest BCUT2D eigenvalue weighted by atomic mass is 10.1. The van der Waals surface area contributed by atoms with Crippen LogP contribution in [0.5, 0.6) is 0 Å². The Bertz CT molecular complexity index is 757. The number of aliphatic carboxylic acids is 1. The Hall–Kier alpha value is -3.13. The molecule has 1 aromatic rings. The predicted molar refractivity (Wildman–Crippen MR) is 107 cm³/mol. The molecule has 0 fully saturated rings.